The zero-order chi connectivity index (χ0) is 12.0. The topological polar surface area (TPSA) is 59.0 Å². The first-order valence-corrected chi connectivity index (χ1v) is 5.64. The van der Waals surface area contributed by atoms with Crippen LogP contribution in [0.25, 0.3) is 0 Å². The molecule has 94 valence electrons. The zero-order valence-electron chi connectivity index (χ0n) is 10.0. The monoisotopic (exact) mass is 231 g/mol. The first-order valence-electron chi connectivity index (χ1n) is 5.64. The van der Waals surface area contributed by atoms with Gasteiger partial charge in [-0.25, -0.2) is 0 Å². The summed E-state index contributed by atoms with van der Waals surface area (Å²) >= 11 is 0. The third-order valence-electron chi connectivity index (χ3n) is 2.87. The average Bonchev–Trinajstić information content (AvgIpc) is 2.28. The van der Waals surface area contributed by atoms with Gasteiger partial charge in [0, 0.05) is 20.2 Å². The molecule has 5 nitrogen and oxygen atoms in total. The third kappa shape index (κ3) is 4.08. The van der Waals surface area contributed by atoms with Gasteiger partial charge in [-0.2, -0.15) is 0 Å². The molecule has 0 saturated carbocycles. The lowest BCUT2D eigenvalue weighted by Gasteiger charge is -2.32. The second-order valence-corrected chi connectivity index (χ2v) is 4.23. The van der Waals surface area contributed by atoms with Gasteiger partial charge in [0.2, 0.25) is 0 Å². The third-order valence-corrected chi connectivity index (χ3v) is 2.87. The molecule has 0 aromatic carbocycles. The van der Waals surface area contributed by atoms with Gasteiger partial charge in [0.25, 0.3) is 0 Å². The van der Waals surface area contributed by atoms with Gasteiger partial charge in [-0.3, -0.25) is 9.69 Å². The maximum absolute atomic E-state index is 11.4. The second-order valence-electron chi connectivity index (χ2n) is 4.23. The molecule has 2 unspecified atom stereocenters. The molecule has 1 aliphatic heterocycles. The summed E-state index contributed by atoms with van der Waals surface area (Å²) in [7, 11) is 2.98. The molecule has 1 rings (SSSR count). The van der Waals surface area contributed by atoms with Crippen LogP contribution in [-0.4, -0.2) is 62.5 Å². The van der Waals surface area contributed by atoms with Crippen molar-refractivity contribution in [1.82, 2.24) is 4.90 Å². The summed E-state index contributed by atoms with van der Waals surface area (Å²) in [4.78, 5) is 13.5. The summed E-state index contributed by atoms with van der Waals surface area (Å²) < 4.78 is 9.61. The van der Waals surface area contributed by atoms with E-state index in [1.54, 1.807) is 7.11 Å². The van der Waals surface area contributed by atoms with Crippen LogP contribution in [0.15, 0.2) is 0 Å². The van der Waals surface area contributed by atoms with Crippen molar-refractivity contribution in [3.05, 3.63) is 0 Å². The second kappa shape index (κ2) is 6.83. The number of carbonyl (C=O) groups is 1. The first kappa shape index (κ1) is 13.4. The minimum absolute atomic E-state index is 0.0477. The number of hydrogen-bond donors (Lipinski definition) is 1. The number of β-amino-alcohol motifs (C(OH)–C–C–N with tert-alkyl or cyclic N) is 1. The van der Waals surface area contributed by atoms with E-state index in [4.69, 9.17) is 9.47 Å². The normalized spacial score (nSPS) is 24.1. The molecule has 5 heteroatoms. The highest BCUT2D eigenvalue weighted by molar-refractivity contribution is 5.72. The Kier molecular flexibility index (Phi) is 5.73. The van der Waals surface area contributed by atoms with Gasteiger partial charge in [0.1, 0.15) is 0 Å². The van der Waals surface area contributed by atoms with Crippen LogP contribution in [0.2, 0.25) is 0 Å². The number of aliphatic hydroxyl groups excluding tert-OH is 1. The van der Waals surface area contributed by atoms with Crippen LogP contribution in [0.1, 0.15) is 12.8 Å². The van der Waals surface area contributed by atoms with Crippen LogP contribution < -0.4 is 0 Å². The number of carbonyl (C=O) groups excluding carboxylic acids is 1. The molecule has 0 aromatic heterocycles. The summed E-state index contributed by atoms with van der Waals surface area (Å²) in [5.41, 5.74) is 0. The minimum atomic E-state index is -0.485. The van der Waals surface area contributed by atoms with Gasteiger partial charge < -0.3 is 14.6 Å². The van der Waals surface area contributed by atoms with E-state index in [0.29, 0.717) is 19.7 Å². The summed E-state index contributed by atoms with van der Waals surface area (Å²) in [6.07, 6.45) is 1.37. The molecule has 0 radical (unpaired) electrons. The fourth-order valence-electron chi connectivity index (χ4n) is 2.12. The Labute approximate surface area is 96.3 Å². The van der Waals surface area contributed by atoms with Crippen LogP contribution >= 0.6 is 0 Å². The van der Waals surface area contributed by atoms with E-state index in [9.17, 15) is 9.90 Å². The Hall–Kier alpha value is -0.650. The van der Waals surface area contributed by atoms with Gasteiger partial charge in [0.05, 0.1) is 25.7 Å². The molecule has 0 aromatic rings. The number of methoxy groups -OCH3 is 2. The van der Waals surface area contributed by atoms with E-state index < -0.39 is 6.10 Å². The standard InChI is InChI=1S/C11H21NO4/c1-15-8-10(13)7-12-5-3-4-9(6-12)11(14)16-2/h9-10,13H,3-8H2,1-2H3. The van der Waals surface area contributed by atoms with Crippen molar-refractivity contribution in [3.63, 3.8) is 0 Å². The molecular weight excluding hydrogens is 210 g/mol. The molecule has 0 amide bonds. The average molecular weight is 231 g/mol. The van der Waals surface area contributed by atoms with Crippen molar-refractivity contribution in [2.45, 2.75) is 18.9 Å². The van der Waals surface area contributed by atoms with Crippen molar-refractivity contribution in [2.24, 2.45) is 5.92 Å². The van der Waals surface area contributed by atoms with Gasteiger partial charge in [-0.15, -0.1) is 0 Å². The fourth-order valence-corrected chi connectivity index (χ4v) is 2.12. The molecule has 0 aliphatic carbocycles. The maximum Gasteiger partial charge on any atom is 0.309 e. The van der Waals surface area contributed by atoms with Gasteiger partial charge >= 0.3 is 5.97 Å². The molecule has 0 spiro atoms. The first-order chi connectivity index (χ1) is 7.67. The highest BCUT2D eigenvalue weighted by Crippen LogP contribution is 2.17. The Balaban J connectivity index is 2.35. The van der Waals surface area contributed by atoms with Crippen LogP contribution in [0.5, 0.6) is 0 Å². The number of aliphatic hydroxyl groups is 1. The lowest BCUT2D eigenvalue weighted by atomic mass is 9.98. The molecule has 1 aliphatic rings. The van der Waals surface area contributed by atoms with Crippen molar-refractivity contribution in [1.29, 1.82) is 0 Å². The molecule has 1 N–H and O–H groups in total. The predicted molar refractivity (Wildman–Crippen MR) is 59.1 cm³/mol. The van der Waals surface area contributed by atoms with Crippen molar-refractivity contribution < 1.29 is 19.4 Å². The van der Waals surface area contributed by atoms with Crippen LogP contribution in [0.4, 0.5) is 0 Å². The van der Waals surface area contributed by atoms with Crippen LogP contribution in [-0.2, 0) is 14.3 Å². The molecule has 2 atom stereocenters. The molecule has 1 saturated heterocycles. The largest absolute Gasteiger partial charge is 0.469 e. The Bertz CT molecular complexity index is 222. The highest BCUT2D eigenvalue weighted by atomic mass is 16.5. The highest BCUT2D eigenvalue weighted by Gasteiger charge is 2.27. The van der Waals surface area contributed by atoms with E-state index in [2.05, 4.69) is 4.90 Å². The molecule has 1 heterocycles. The fraction of sp³-hybridized carbons (Fsp3) is 0.909. The van der Waals surface area contributed by atoms with Crippen LogP contribution in [0, 0.1) is 5.92 Å². The number of esters is 1. The molecule has 16 heavy (non-hydrogen) atoms. The van der Waals surface area contributed by atoms with Gasteiger partial charge in [-0.05, 0) is 19.4 Å². The van der Waals surface area contributed by atoms with E-state index in [1.807, 2.05) is 0 Å². The summed E-state index contributed by atoms with van der Waals surface area (Å²) in [6.45, 7) is 2.49. The SMILES string of the molecule is COCC(O)CN1CCCC(C(=O)OC)C1. The van der Waals surface area contributed by atoms with E-state index in [1.165, 1.54) is 7.11 Å². The van der Waals surface area contributed by atoms with Crippen LogP contribution in [0.3, 0.4) is 0 Å². The maximum atomic E-state index is 11.4. The van der Waals surface area contributed by atoms with Crippen molar-refractivity contribution >= 4 is 5.97 Å². The number of ether oxygens (including phenoxy) is 2. The predicted octanol–water partition coefficient (Wildman–Crippen LogP) is -0.121. The van der Waals surface area contributed by atoms with E-state index in [0.717, 1.165) is 19.4 Å². The Morgan fingerprint density at radius 1 is 1.56 bits per heavy atom. The lowest BCUT2D eigenvalue weighted by Crippen LogP contribution is -2.43. The Morgan fingerprint density at radius 2 is 2.31 bits per heavy atom. The summed E-state index contributed by atoms with van der Waals surface area (Å²) in [6, 6.07) is 0. The minimum Gasteiger partial charge on any atom is -0.469 e. The molecular formula is C11H21NO4. The Morgan fingerprint density at radius 3 is 2.94 bits per heavy atom. The summed E-state index contributed by atoms with van der Waals surface area (Å²) in [5.74, 6) is -0.195. The zero-order valence-corrected chi connectivity index (χ0v) is 10.0. The number of piperidine rings is 1. The van der Waals surface area contributed by atoms with Gasteiger partial charge in [0.15, 0.2) is 0 Å². The van der Waals surface area contributed by atoms with E-state index >= 15 is 0 Å². The van der Waals surface area contributed by atoms with E-state index in [-0.39, 0.29) is 11.9 Å². The summed E-state index contributed by atoms with van der Waals surface area (Å²) in [5, 5.41) is 9.60. The number of hydrogen-bond acceptors (Lipinski definition) is 5. The van der Waals surface area contributed by atoms with Crippen molar-refractivity contribution in [3.8, 4) is 0 Å². The van der Waals surface area contributed by atoms with Crippen molar-refractivity contribution in [2.75, 3.05) is 40.5 Å². The number of rotatable bonds is 5. The smallest absolute Gasteiger partial charge is 0.309 e. The lowest BCUT2D eigenvalue weighted by molar-refractivity contribution is -0.147. The van der Waals surface area contributed by atoms with Gasteiger partial charge in [-0.1, -0.05) is 0 Å². The number of likely N-dealkylation sites (tertiary alicyclic amines) is 1. The molecule has 0 bridgehead atoms. The number of nitrogens with zero attached hydrogens (tertiary/aromatic N) is 1. The molecule has 1 fully saturated rings. The quantitative estimate of drug-likeness (QED) is 0.668.